The summed E-state index contributed by atoms with van der Waals surface area (Å²) in [5.41, 5.74) is 3.34. The Labute approximate surface area is 136 Å². The number of carbonyl (C=O) groups excluding carboxylic acids is 2. The maximum atomic E-state index is 12.4. The molecule has 2 rings (SSSR count). The summed E-state index contributed by atoms with van der Waals surface area (Å²) in [6.07, 6.45) is 1.53. The van der Waals surface area contributed by atoms with Gasteiger partial charge in [0.05, 0.1) is 0 Å². The van der Waals surface area contributed by atoms with Crippen LogP contribution in [0.15, 0.2) is 48.5 Å². The smallest absolute Gasteiger partial charge is 0.217 e. The second-order valence-electron chi connectivity index (χ2n) is 5.46. The zero-order valence-corrected chi connectivity index (χ0v) is 13.2. The molecule has 0 radical (unpaired) electrons. The van der Waals surface area contributed by atoms with Crippen LogP contribution in [0.25, 0.3) is 0 Å². The molecule has 23 heavy (non-hydrogen) atoms. The second kappa shape index (κ2) is 8.25. The van der Waals surface area contributed by atoms with Crippen LogP contribution in [0.3, 0.4) is 0 Å². The largest absolute Gasteiger partial charge is 0.396 e. The van der Waals surface area contributed by atoms with E-state index in [0.29, 0.717) is 17.7 Å². The highest BCUT2D eigenvalue weighted by atomic mass is 16.2. The van der Waals surface area contributed by atoms with Crippen molar-refractivity contribution in [3.05, 3.63) is 70.8 Å². The van der Waals surface area contributed by atoms with Gasteiger partial charge in [0, 0.05) is 31.2 Å². The number of ketones is 1. The molecule has 0 aliphatic heterocycles. The van der Waals surface area contributed by atoms with Gasteiger partial charge in [0.25, 0.3) is 0 Å². The van der Waals surface area contributed by atoms with Crippen molar-refractivity contribution in [2.24, 2.45) is 0 Å². The first-order valence-electron chi connectivity index (χ1n) is 7.68. The van der Waals surface area contributed by atoms with Gasteiger partial charge in [-0.25, -0.2) is 0 Å². The minimum absolute atomic E-state index is 0.0233. The predicted octanol–water partition coefficient (Wildman–Crippen LogP) is 2.48. The SMILES string of the molecule is CC(=O)NCc1ccc(C(=O)c2ccc(CCCO)cc2)cc1. The highest BCUT2D eigenvalue weighted by Crippen LogP contribution is 2.13. The van der Waals surface area contributed by atoms with Gasteiger partial charge in [-0.2, -0.15) is 0 Å². The average Bonchev–Trinajstić information content (AvgIpc) is 2.58. The number of rotatable bonds is 7. The Morgan fingerprint density at radius 1 is 0.913 bits per heavy atom. The molecule has 2 N–H and O–H groups in total. The van der Waals surface area contributed by atoms with Crippen LogP contribution in [0, 0.1) is 0 Å². The number of aryl methyl sites for hydroxylation is 1. The summed E-state index contributed by atoms with van der Waals surface area (Å²) >= 11 is 0. The zero-order chi connectivity index (χ0) is 16.7. The van der Waals surface area contributed by atoms with Crippen LogP contribution >= 0.6 is 0 Å². The van der Waals surface area contributed by atoms with Crippen molar-refractivity contribution in [3.63, 3.8) is 0 Å². The van der Waals surface area contributed by atoms with Crippen LogP contribution in [-0.2, 0) is 17.8 Å². The lowest BCUT2D eigenvalue weighted by Crippen LogP contribution is -2.18. The average molecular weight is 311 g/mol. The molecular weight excluding hydrogens is 290 g/mol. The van der Waals surface area contributed by atoms with Crippen molar-refractivity contribution in [1.82, 2.24) is 5.32 Å². The first-order chi connectivity index (χ1) is 11.1. The Hall–Kier alpha value is -2.46. The summed E-state index contributed by atoms with van der Waals surface area (Å²) < 4.78 is 0. The van der Waals surface area contributed by atoms with Gasteiger partial charge in [-0.1, -0.05) is 48.5 Å². The molecule has 120 valence electrons. The minimum atomic E-state index is -0.0774. The highest BCUT2D eigenvalue weighted by Gasteiger charge is 2.09. The van der Waals surface area contributed by atoms with Crippen LogP contribution in [0.4, 0.5) is 0 Å². The molecule has 0 fully saturated rings. The van der Waals surface area contributed by atoms with Crippen molar-refractivity contribution in [2.45, 2.75) is 26.3 Å². The maximum Gasteiger partial charge on any atom is 0.217 e. The van der Waals surface area contributed by atoms with Gasteiger partial charge in [-0.05, 0) is 24.0 Å². The maximum absolute atomic E-state index is 12.4. The first-order valence-corrected chi connectivity index (χ1v) is 7.68. The third-order valence-electron chi connectivity index (χ3n) is 3.60. The Balaban J connectivity index is 2.03. The topological polar surface area (TPSA) is 66.4 Å². The lowest BCUT2D eigenvalue weighted by Gasteiger charge is -2.06. The third kappa shape index (κ3) is 5.04. The third-order valence-corrected chi connectivity index (χ3v) is 3.60. The van der Waals surface area contributed by atoms with Crippen LogP contribution in [0.2, 0.25) is 0 Å². The number of carbonyl (C=O) groups is 2. The van der Waals surface area contributed by atoms with Crippen LogP contribution in [-0.4, -0.2) is 23.4 Å². The number of hydrogen-bond acceptors (Lipinski definition) is 3. The summed E-state index contributed by atoms with van der Waals surface area (Å²) in [7, 11) is 0. The molecule has 0 saturated heterocycles. The van der Waals surface area contributed by atoms with Crippen molar-refractivity contribution in [3.8, 4) is 0 Å². The van der Waals surface area contributed by atoms with Crippen LogP contribution < -0.4 is 5.32 Å². The van der Waals surface area contributed by atoms with Gasteiger partial charge < -0.3 is 10.4 Å². The molecule has 4 heteroatoms. The minimum Gasteiger partial charge on any atom is -0.396 e. The van der Waals surface area contributed by atoms with Crippen LogP contribution in [0.1, 0.15) is 40.4 Å². The number of aliphatic hydroxyl groups excluding tert-OH is 1. The first kappa shape index (κ1) is 16.9. The van der Waals surface area contributed by atoms with E-state index in [9.17, 15) is 9.59 Å². The van der Waals surface area contributed by atoms with Gasteiger partial charge in [0.15, 0.2) is 5.78 Å². The molecule has 4 nitrogen and oxygen atoms in total. The van der Waals surface area contributed by atoms with Crippen molar-refractivity contribution in [1.29, 1.82) is 0 Å². The van der Waals surface area contributed by atoms with Crippen molar-refractivity contribution >= 4 is 11.7 Å². The monoisotopic (exact) mass is 311 g/mol. The van der Waals surface area contributed by atoms with Gasteiger partial charge in [0.2, 0.25) is 5.91 Å². The fourth-order valence-electron chi connectivity index (χ4n) is 2.27. The van der Waals surface area contributed by atoms with E-state index in [4.69, 9.17) is 5.11 Å². The Morgan fingerprint density at radius 2 is 1.43 bits per heavy atom. The summed E-state index contributed by atoms with van der Waals surface area (Å²) in [4.78, 5) is 23.3. The number of nitrogens with one attached hydrogen (secondary N) is 1. The molecule has 0 saturated carbocycles. The molecule has 0 bridgehead atoms. The fraction of sp³-hybridized carbons (Fsp3) is 0.263. The second-order valence-corrected chi connectivity index (χ2v) is 5.46. The molecule has 0 atom stereocenters. The number of amides is 1. The normalized spacial score (nSPS) is 10.3. The van der Waals surface area contributed by atoms with E-state index >= 15 is 0 Å². The van der Waals surface area contributed by atoms with Gasteiger partial charge in [-0.15, -0.1) is 0 Å². The molecule has 0 spiro atoms. The molecule has 1 amide bonds. The fourth-order valence-corrected chi connectivity index (χ4v) is 2.27. The Morgan fingerprint density at radius 3 is 1.91 bits per heavy atom. The molecule has 2 aromatic rings. The van der Waals surface area contributed by atoms with Crippen LogP contribution in [0.5, 0.6) is 0 Å². The molecule has 0 aliphatic rings. The van der Waals surface area contributed by atoms with E-state index in [-0.39, 0.29) is 18.3 Å². The number of hydrogen-bond donors (Lipinski definition) is 2. The van der Waals surface area contributed by atoms with E-state index in [1.807, 2.05) is 36.4 Å². The van der Waals surface area contributed by atoms with E-state index < -0.39 is 0 Å². The quantitative estimate of drug-likeness (QED) is 0.772. The van der Waals surface area contributed by atoms with E-state index in [0.717, 1.165) is 24.0 Å². The summed E-state index contributed by atoms with van der Waals surface area (Å²) in [5, 5.41) is 11.6. The molecule has 0 heterocycles. The summed E-state index contributed by atoms with van der Waals surface area (Å²) in [6.45, 7) is 2.11. The van der Waals surface area contributed by atoms with Crippen molar-refractivity contribution < 1.29 is 14.7 Å². The number of aliphatic hydroxyl groups is 1. The lowest BCUT2D eigenvalue weighted by molar-refractivity contribution is -0.119. The van der Waals surface area contributed by atoms with Crippen molar-refractivity contribution in [2.75, 3.05) is 6.61 Å². The molecule has 2 aromatic carbocycles. The van der Waals surface area contributed by atoms with Gasteiger partial charge in [0.1, 0.15) is 0 Å². The molecular formula is C19H21NO3. The summed E-state index contributed by atoms with van der Waals surface area (Å²) in [5.74, 6) is -0.101. The predicted molar refractivity (Wildman–Crippen MR) is 89.2 cm³/mol. The molecule has 0 aromatic heterocycles. The van der Waals surface area contributed by atoms with Gasteiger partial charge in [-0.3, -0.25) is 9.59 Å². The summed E-state index contributed by atoms with van der Waals surface area (Å²) in [6, 6.07) is 14.7. The highest BCUT2D eigenvalue weighted by molar-refractivity contribution is 6.09. The lowest BCUT2D eigenvalue weighted by atomic mass is 10.00. The van der Waals surface area contributed by atoms with Gasteiger partial charge >= 0.3 is 0 Å². The Bertz CT molecular complexity index is 660. The molecule has 0 unspecified atom stereocenters. The molecule has 0 aliphatic carbocycles. The number of benzene rings is 2. The standard InChI is InChI=1S/C19H21NO3/c1-14(22)20-13-16-6-10-18(11-7-16)19(23)17-8-4-15(5-9-17)3-2-12-21/h4-11,21H,2-3,12-13H2,1H3,(H,20,22). The zero-order valence-electron chi connectivity index (χ0n) is 13.2. The van der Waals surface area contributed by atoms with E-state index in [2.05, 4.69) is 5.32 Å². The Kier molecular flexibility index (Phi) is 6.06. The van der Waals surface area contributed by atoms with E-state index in [1.165, 1.54) is 6.92 Å². The van der Waals surface area contributed by atoms with E-state index in [1.54, 1.807) is 12.1 Å².